The molecule has 0 aromatic heterocycles. The van der Waals surface area contributed by atoms with Crippen molar-refractivity contribution in [2.24, 2.45) is 23.5 Å². The fourth-order valence-electron chi connectivity index (χ4n) is 2.46. The lowest BCUT2D eigenvalue weighted by Crippen LogP contribution is -2.33. The number of aliphatic hydroxyl groups excluding tert-OH is 1. The number of hydrogen-bond acceptors (Lipinski definition) is 3. The number of hydrogen-bond donors (Lipinski definition) is 3. The number of nitrogens with two attached hydrogens (primary N) is 1. The Morgan fingerprint density at radius 3 is 2.46 bits per heavy atom. The molecule has 0 radical (unpaired) electrons. The number of piperidine rings is 1. The topological polar surface area (TPSA) is 86.8 Å². The van der Waals surface area contributed by atoms with Crippen LogP contribution in [0.1, 0.15) is 0 Å². The van der Waals surface area contributed by atoms with Crippen LogP contribution in [0.3, 0.4) is 0 Å². The molecule has 5 heteroatoms. The summed E-state index contributed by atoms with van der Waals surface area (Å²) in [5.74, 6) is 0.963. The Morgan fingerprint density at radius 2 is 2.08 bits per heavy atom. The molecular weight excluding hydrogens is 172 g/mol. The van der Waals surface area contributed by atoms with E-state index in [2.05, 4.69) is 0 Å². The van der Waals surface area contributed by atoms with E-state index in [-0.39, 0.29) is 12.5 Å². The predicted octanol–water partition coefficient (Wildman–Crippen LogP) is -0.838. The van der Waals surface area contributed by atoms with E-state index in [1.807, 2.05) is 0 Å². The van der Waals surface area contributed by atoms with Crippen molar-refractivity contribution in [1.82, 2.24) is 4.90 Å². The standard InChI is InChI=1S/C8H14N2O3/c9-1-6(11)7-4-2-10(8(12)13)3-5(4)7/h4-7,11H,1-3,9H2,(H,12,13). The number of amides is 1. The van der Waals surface area contributed by atoms with Crippen LogP contribution in [0.4, 0.5) is 4.79 Å². The molecule has 2 aliphatic rings. The number of carbonyl (C=O) groups is 1. The first kappa shape index (κ1) is 8.77. The summed E-state index contributed by atoms with van der Waals surface area (Å²) in [6.07, 6.45) is -1.29. The largest absolute Gasteiger partial charge is 0.465 e. The van der Waals surface area contributed by atoms with Gasteiger partial charge in [-0.15, -0.1) is 0 Å². The first-order valence-corrected chi connectivity index (χ1v) is 4.51. The van der Waals surface area contributed by atoms with E-state index in [4.69, 9.17) is 10.8 Å². The van der Waals surface area contributed by atoms with Gasteiger partial charge in [0.2, 0.25) is 0 Å². The summed E-state index contributed by atoms with van der Waals surface area (Å²) in [7, 11) is 0. The molecule has 5 nitrogen and oxygen atoms in total. The Hall–Kier alpha value is -0.810. The number of carboxylic acid groups (broad SMARTS) is 1. The van der Waals surface area contributed by atoms with Crippen molar-refractivity contribution in [3.63, 3.8) is 0 Å². The predicted molar refractivity (Wildman–Crippen MR) is 45.1 cm³/mol. The van der Waals surface area contributed by atoms with Crippen LogP contribution >= 0.6 is 0 Å². The zero-order chi connectivity index (χ0) is 9.59. The van der Waals surface area contributed by atoms with Crippen LogP contribution in [0.2, 0.25) is 0 Å². The monoisotopic (exact) mass is 186 g/mol. The molecule has 2 fully saturated rings. The van der Waals surface area contributed by atoms with Crippen molar-refractivity contribution in [2.45, 2.75) is 6.10 Å². The SMILES string of the molecule is NCC(O)C1C2CN(C(=O)O)CC21. The number of rotatable bonds is 2. The molecule has 3 unspecified atom stereocenters. The van der Waals surface area contributed by atoms with E-state index in [1.54, 1.807) is 0 Å². The maximum Gasteiger partial charge on any atom is 0.407 e. The van der Waals surface area contributed by atoms with Crippen LogP contribution in [0.15, 0.2) is 0 Å². The fourth-order valence-corrected chi connectivity index (χ4v) is 2.46. The van der Waals surface area contributed by atoms with E-state index in [0.717, 1.165) is 0 Å². The molecule has 1 aliphatic heterocycles. The highest BCUT2D eigenvalue weighted by atomic mass is 16.4. The number of fused-ring (bicyclic) bond motifs is 1. The summed E-state index contributed by atoms with van der Waals surface area (Å²) in [5.41, 5.74) is 5.33. The van der Waals surface area contributed by atoms with Gasteiger partial charge in [0.05, 0.1) is 6.10 Å². The van der Waals surface area contributed by atoms with Crippen molar-refractivity contribution < 1.29 is 15.0 Å². The lowest BCUT2D eigenvalue weighted by Gasteiger charge is -2.17. The van der Waals surface area contributed by atoms with Crippen molar-refractivity contribution >= 4 is 6.09 Å². The van der Waals surface area contributed by atoms with Crippen LogP contribution < -0.4 is 5.73 Å². The second kappa shape index (κ2) is 2.85. The summed E-state index contributed by atoms with van der Waals surface area (Å²) >= 11 is 0. The van der Waals surface area contributed by atoms with E-state index in [9.17, 15) is 9.90 Å². The van der Waals surface area contributed by atoms with Crippen LogP contribution in [-0.4, -0.2) is 46.9 Å². The Bertz CT molecular complexity index is 221. The molecule has 1 saturated heterocycles. The minimum Gasteiger partial charge on any atom is -0.465 e. The minimum absolute atomic E-state index is 0.251. The molecule has 0 bridgehead atoms. The summed E-state index contributed by atoms with van der Waals surface area (Å²) in [6, 6.07) is 0. The van der Waals surface area contributed by atoms with Crippen LogP contribution in [0, 0.1) is 17.8 Å². The molecule has 0 aromatic carbocycles. The van der Waals surface area contributed by atoms with Gasteiger partial charge in [-0.1, -0.05) is 0 Å². The van der Waals surface area contributed by atoms with E-state index >= 15 is 0 Å². The van der Waals surface area contributed by atoms with Crippen molar-refractivity contribution in [2.75, 3.05) is 19.6 Å². The fraction of sp³-hybridized carbons (Fsp3) is 0.875. The van der Waals surface area contributed by atoms with Crippen molar-refractivity contribution in [3.8, 4) is 0 Å². The Labute approximate surface area is 76.1 Å². The van der Waals surface area contributed by atoms with Crippen LogP contribution in [0.5, 0.6) is 0 Å². The van der Waals surface area contributed by atoms with Gasteiger partial charge in [0.25, 0.3) is 0 Å². The van der Waals surface area contributed by atoms with E-state index < -0.39 is 12.2 Å². The highest BCUT2D eigenvalue weighted by Gasteiger charge is 2.59. The minimum atomic E-state index is -0.854. The zero-order valence-electron chi connectivity index (χ0n) is 7.26. The van der Waals surface area contributed by atoms with Crippen molar-refractivity contribution in [1.29, 1.82) is 0 Å². The number of aliphatic hydroxyl groups is 1. The second-order valence-corrected chi connectivity index (χ2v) is 3.90. The zero-order valence-corrected chi connectivity index (χ0v) is 7.26. The van der Waals surface area contributed by atoms with Gasteiger partial charge in [-0.25, -0.2) is 4.79 Å². The Morgan fingerprint density at radius 1 is 1.54 bits per heavy atom. The number of nitrogens with zero attached hydrogens (tertiary/aromatic N) is 1. The molecule has 2 rings (SSSR count). The third-order valence-corrected chi connectivity index (χ3v) is 3.22. The maximum atomic E-state index is 10.6. The quantitative estimate of drug-likeness (QED) is 0.525. The normalized spacial score (nSPS) is 38.6. The van der Waals surface area contributed by atoms with Gasteiger partial charge in [0.15, 0.2) is 0 Å². The summed E-state index contributed by atoms with van der Waals surface area (Å²) in [4.78, 5) is 12.0. The van der Waals surface area contributed by atoms with Gasteiger partial charge in [-0.3, -0.25) is 0 Å². The third kappa shape index (κ3) is 1.28. The van der Waals surface area contributed by atoms with Crippen molar-refractivity contribution in [3.05, 3.63) is 0 Å². The molecule has 1 heterocycles. The molecule has 4 N–H and O–H groups in total. The van der Waals surface area contributed by atoms with Gasteiger partial charge in [-0.2, -0.15) is 0 Å². The van der Waals surface area contributed by atoms with Gasteiger partial charge >= 0.3 is 6.09 Å². The second-order valence-electron chi connectivity index (χ2n) is 3.90. The molecule has 13 heavy (non-hydrogen) atoms. The first-order chi connectivity index (χ1) is 6.15. The van der Waals surface area contributed by atoms with Gasteiger partial charge < -0.3 is 20.8 Å². The highest BCUT2D eigenvalue weighted by molar-refractivity contribution is 5.65. The molecule has 1 saturated carbocycles. The third-order valence-electron chi connectivity index (χ3n) is 3.22. The lowest BCUT2D eigenvalue weighted by molar-refractivity contribution is 0.119. The lowest BCUT2D eigenvalue weighted by atomic mass is 10.1. The average Bonchev–Trinajstić information content (AvgIpc) is 2.58. The highest BCUT2D eigenvalue weighted by Crippen LogP contribution is 2.53. The average molecular weight is 186 g/mol. The van der Waals surface area contributed by atoms with Gasteiger partial charge in [-0.05, 0) is 17.8 Å². The molecule has 0 spiro atoms. The first-order valence-electron chi connectivity index (χ1n) is 4.51. The van der Waals surface area contributed by atoms with E-state index in [0.29, 0.717) is 24.9 Å². The molecule has 1 amide bonds. The summed E-state index contributed by atoms with van der Waals surface area (Å²) in [6.45, 7) is 1.42. The van der Waals surface area contributed by atoms with Gasteiger partial charge in [0, 0.05) is 19.6 Å². The molecule has 1 aliphatic carbocycles. The molecule has 74 valence electrons. The molecule has 3 atom stereocenters. The van der Waals surface area contributed by atoms with E-state index in [1.165, 1.54) is 4.90 Å². The van der Waals surface area contributed by atoms with Crippen LogP contribution in [0.25, 0.3) is 0 Å². The molecule has 0 aromatic rings. The number of likely N-dealkylation sites (tertiary alicyclic amines) is 1. The maximum absolute atomic E-state index is 10.6. The molecular formula is C8H14N2O3. The van der Waals surface area contributed by atoms with Crippen LogP contribution in [-0.2, 0) is 0 Å². The van der Waals surface area contributed by atoms with Gasteiger partial charge in [0.1, 0.15) is 0 Å². The summed E-state index contributed by atoms with van der Waals surface area (Å²) in [5, 5.41) is 18.1. The Kier molecular flexibility index (Phi) is 1.92. The summed E-state index contributed by atoms with van der Waals surface area (Å²) < 4.78 is 0. The Balaban J connectivity index is 1.87. The smallest absolute Gasteiger partial charge is 0.407 e.